The first-order chi connectivity index (χ1) is 38.2. The van der Waals surface area contributed by atoms with Crippen LogP contribution in [0.15, 0.2) is 142 Å². The van der Waals surface area contributed by atoms with Crippen molar-refractivity contribution in [1.29, 1.82) is 5.26 Å². The number of nitrogens with zero attached hydrogens (tertiary/aromatic N) is 4. The number of H-pyrrole nitrogens is 1. The summed E-state index contributed by atoms with van der Waals surface area (Å²) in [6, 6.07) is 34.2. The van der Waals surface area contributed by atoms with Gasteiger partial charge in [-0.2, -0.15) is 10.2 Å². The van der Waals surface area contributed by atoms with E-state index in [9.17, 15) is 48.9 Å². The zero-order valence-corrected chi connectivity index (χ0v) is 45.4. The summed E-state index contributed by atoms with van der Waals surface area (Å²) >= 11 is 5.18. The number of nitrogens with one attached hydrogen (secondary N) is 2. The first-order valence-electron chi connectivity index (χ1n) is 25.0. The van der Waals surface area contributed by atoms with Gasteiger partial charge in [0.15, 0.2) is 11.7 Å². The Morgan fingerprint density at radius 1 is 0.863 bits per heavy atom. The van der Waals surface area contributed by atoms with Crippen molar-refractivity contribution in [1.82, 2.24) is 19.1 Å². The molecule has 0 radical (unpaired) electrons. The molecule has 6 aromatic rings. The largest absolute Gasteiger partial charge is 0.497 e. The lowest BCUT2D eigenvalue weighted by molar-refractivity contribution is -0.348. The van der Waals surface area contributed by atoms with E-state index in [-0.39, 0.29) is 29.1 Å². The van der Waals surface area contributed by atoms with E-state index in [2.05, 4.69) is 15.3 Å². The molecule has 4 heterocycles. The molecule has 0 aliphatic carbocycles. The maximum Gasteiger partial charge on any atom is 0.351 e. The molecule has 25 heteroatoms. The summed E-state index contributed by atoms with van der Waals surface area (Å²) in [4.78, 5) is 109. The van der Waals surface area contributed by atoms with Gasteiger partial charge in [0, 0.05) is 42.8 Å². The van der Waals surface area contributed by atoms with Gasteiger partial charge >= 0.3 is 24.1 Å². The van der Waals surface area contributed by atoms with Gasteiger partial charge in [-0.3, -0.25) is 33.0 Å². The molecule has 2 fully saturated rings. The summed E-state index contributed by atoms with van der Waals surface area (Å²) in [6.45, 7) is -3.99. The molecule has 8 rings (SSSR count). The zero-order chi connectivity index (χ0) is 57.4. The third-order valence-corrected chi connectivity index (χ3v) is 14.4. The minimum atomic E-state index is -5.23. The number of hydrogen-bond donors (Lipinski definition) is 5. The fourth-order valence-electron chi connectivity index (χ4n) is 9.81. The number of aryl methyl sites for hydroxylation is 1. The number of aromatic nitrogens is 4. The molecule has 1 unspecified atom stereocenters. The van der Waals surface area contributed by atoms with Gasteiger partial charge in [-0.1, -0.05) is 72.8 Å². The second kappa shape index (κ2) is 24.9. The van der Waals surface area contributed by atoms with Crippen LogP contribution >= 0.6 is 6.72 Å². The Labute approximate surface area is 462 Å². The van der Waals surface area contributed by atoms with Crippen LogP contribution in [0.5, 0.6) is 11.5 Å². The third-order valence-electron chi connectivity index (χ3n) is 13.6. The molecular weight excluding hydrogens is 1080 g/mol. The van der Waals surface area contributed by atoms with Crippen LogP contribution in [0, 0.1) is 18.3 Å². The van der Waals surface area contributed by atoms with Crippen LogP contribution in [0.1, 0.15) is 84.1 Å². The Hall–Kier alpha value is -7.53. The highest BCUT2D eigenvalue weighted by atomic mass is 32.5. The number of aliphatic hydroxyl groups is 1. The predicted octanol–water partition coefficient (Wildman–Crippen LogP) is 4.82. The quantitative estimate of drug-likeness (QED) is 0.0189. The van der Waals surface area contributed by atoms with Gasteiger partial charge < -0.3 is 58.2 Å². The molecule has 420 valence electrons. The van der Waals surface area contributed by atoms with E-state index in [4.69, 9.17) is 49.5 Å². The zero-order valence-electron chi connectivity index (χ0n) is 43.7. The van der Waals surface area contributed by atoms with E-state index >= 15 is 0 Å². The van der Waals surface area contributed by atoms with Gasteiger partial charge in [-0.15, -0.1) is 0 Å². The van der Waals surface area contributed by atoms with Crippen LogP contribution < -0.4 is 31.7 Å². The molecule has 7 atom stereocenters. The number of esters is 1. The fraction of sp³-hybridized carbons (Fsp3) is 0.345. The van der Waals surface area contributed by atoms with Gasteiger partial charge in [0.2, 0.25) is 5.79 Å². The number of methoxy groups -OCH3 is 2. The summed E-state index contributed by atoms with van der Waals surface area (Å²) in [6.07, 6.45) is -9.00. The van der Waals surface area contributed by atoms with Crippen molar-refractivity contribution in [2.45, 2.75) is 93.7 Å². The van der Waals surface area contributed by atoms with Crippen LogP contribution in [0.25, 0.3) is 0 Å². The second-order valence-electron chi connectivity index (χ2n) is 18.8. The number of aromatic amines is 1. The van der Waals surface area contributed by atoms with Gasteiger partial charge in [0.25, 0.3) is 11.5 Å². The smallest absolute Gasteiger partial charge is 0.351 e. The second-order valence-corrected chi connectivity index (χ2v) is 21.4. The van der Waals surface area contributed by atoms with Crippen molar-refractivity contribution in [3.63, 3.8) is 0 Å². The van der Waals surface area contributed by atoms with Crippen molar-refractivity contribution in [2.75, 3.05) is 32.8 Å². The van der Waals surface area contributed by atoms with Crippen molar-refractivity contribution >= 4 is 42.0 Å². The number of benzene rings is 4. The van der Waals surface area contributed by atoms with Crippen LogP contribution in [0.3, 0.4) is 0 Å². The van der Waals surface area contributed by atoms with E-state index in [1.54, 1.807) is 109 Å². The first kappa shape index (κ1) is 58.6. The molecule has 4 aromatic carbocycles. The van der Waals surface area contributed by atoms with Crippen LogP contribution in [-0.2, 0) is 55.2 Å². The Balaban J connectivity index is 1.34. The fourth-order valence-corrected chi connectivity index (χ4v) is 10.8. The molecule has 2 saturated heterocycles. The summed E-state index contributed by atoms with van der Waals surface area (Å²) in [5.41, 5.74) is -5.49. The SMILES string of the molecule is COc1ccc(C(OC[C@H]2O[C@@H](n3ccc(NC(=O)c4ccccc4)nc3=O)C[C@]2(O)C(OCCC#N)(OP(O)(O)=S)[C@H]2O[C@@H](n3cc(C)c(=O)[nH]c3=O)C[C@@H]2OC(=O)CCC(C)=O)(c2ccccc2)c2ccc(OC)cc2)cc1. The Morgan fingerprint density at radius 3 is 2.05 bits per heavy atom. The number of ketones is 1. The minimum Gasteiger partial charge on any atom is -0.497 e. The average Bonchev–Trinajstić information content (AvgIpc) is 4.14. The number of carbonyl (C=O) groups is 3. The summed E-state index contributed by atoms with van der Waals surface area (Å²) in [5, 5.41) is 26.7. The number of rotatable bonds is 23. The van der Waals surface area contributed by atoms with Crippen molar-refractivity contribution in [3.8, 4) is 17.6 Å². The molecule has 0 bridgehead atoms. The lowest BCUT2D eigenvalue weighted by Gasteiger charge is -2.50. The van der Waals surface area contributed by atoms with E-state index in [1.165, 1.54) is 40.3 Å². The Morgan fingerprint density at radius 2 is 1.48 bits per heavy atom. The third kappa shape index (κ3) is 12.6. The lowest BCUT2D eigenvalue weighted by atomic mass is 9.78. The topological polar surface area (TPSA) is 311 Å². The number of hydrogen-bond acceptors (Lipinski definition) is 18. The first-order valence-corrected chi connectivity index (χ1v) is 27.6. The van der Waals surface area contributed by atoms with Gasteiger partial charge in [-0.05, 0) is 84.8 Å². The number of carbonyl (C=O) groups excluding carboxylic acids is 3. The monoisotopic (exact) mass is 1140 g/mol. The maximum atomic E-state index is 14.3. The lowest BCUT2D eigenvalue weighted by Crippen LogP contribution is -2.70. The maximum absolute atomic E-state index is 14.3. The number of amides is 1. The molecule has 5 N–H and O–H groups in total. The summed E-state index contributed by atoms with van der Waals surface area (Å²) < 4.78 is 52.2. The molecular formula is C55H57N6O17PS. The highest BCUT2D eigenvalue weighted by Gasteiger charge is 2.72. The van der Waals surface area contributed by atoms with Crippen LogP contribution in [0.4, 0.5) is 5.82 Å². The predicted molar refractivity (Wildman–Crippen MR) is 288 cm³/mol. The van der Waals surface area contributed by atoms with Crippen LogP contribution in [0.2, 0.25) is 0 Å². The number of Topliss-reactive ketones (excluding diaryl/α,β-unsaturated/α-hetero) is 1. The van der Waals surface area contributed by atoms with Crippen molar-refractivity contribution in [2.24, 2.45) is 0 Å². The highest BCUT2D eigenvalue weighted by molar-refractivity contribution is 8.06. The normalized spacial score (nSPS) is 20.8. The molecule has 80 heavy (non-hydrogen) atoms. The molecule has 1 amide bonds. The highest BCUT2D eigenvalue weighted by Crippen LogP contribution is 2.57. The van der Waals surface area contributed by atoms with Crippen molar-refractivity contribution < 1.29 is 67.0 Å². The molecule has 0 saturated carbocycles. The number of nitriles is 1. The van der Waals surface area contributed by atoms with Crippen LogP contribution in [-0.4, -0.2) is 109 Å². The van der Waals surface area contributed by atoms with E-state index < -0.39 is 122 Å². The molecule has 2 aromatic heterocycles. The van der Waals surface area contributed by atoms with Gasteiger partial charge in [-0.25, -0.2) is 9.59 Å². The standard InChI is InChI=1S/C55H57N6O17PS/c1-34-32-61(52(67)59-49(34)64)45-30-42(75-47(63)25-16-35(2)62)48(77-45)55(73-29-11-27-56,78-79(69,70)80)53(68)31-46(60-28-26-44(58-51(60)66)57-50(65)36-12-7-5-8-13-36)76-43(53)33-74-54(37-14-9-6-10-15-37,38-17-21-40(71-3)22-18-38)39-19-23-41(72-4)24-20-39/h5-10,12-15,17-24,26,28,32,42-43,45-46,48,68H,11,16,25,29-31,33H2,1-4H3,(H,59,64,67)(H2,69,70,80)(H,57,58,65,66)/t42-,43+,45+,46+,48-,53+,55?/m0/s1. The summed E-state index contributed by atoms with van der Waals surface area (Å²) in [7, 11) is 3.01. The van der Waals surface area contributed by atoms with Gasteiger partial charge in [0.1, 0.15) is 53.4 Å². The Bertz CT molecular complexity index is 3420. The molecule has 0 spiro atoms. The Kier molecular flexibility index (Phi) is 18.2. The van der Waals surface area contributed by atoms with Gasteiger partial charge in [0.05, 0.1) is 46.3 Å². The molecule has 2 aliphatic rings. The van der Waals surface area contributed by atoms with E-state index in [0.29, 0.717) is 28.2 Å². The molecule has 2 aliphatic heterocycles. The average molecular weight is 1140 g/mol. The summed E-state index contributed by atoms with van der Waals surface area (Å²) in [5.74, 6) is -4.28. The minimum absolute atomic E-state index is 0.0452. The number of anilines is 1. The van der Waals surface area contributed by atoms with E-state index in [1.807, 2.05) is 6.07 Å². The van der Waals surface area contributed by atoms with Crippen molar-refractivity contribution in [3.05, 3.63) is 187 Å². The van der Waals surface area contributed by atoms with E-state index in [0.717, 1.165) is 15.3 Å². The number of ether oxygens (including phenoxy) is 7. The molecule has 23 nitrogen and oxygen atoms in total.